The molecule has 0 bridgehead atoms. The van der Waals surface area contributed by atoms with Crippen LogP contribution in [0, 0.1) is 17.6 Å². The molecular weight excluding hydrogens is 370 g/mol. The zero-order chi connectivity index (χ0) is 19.7. The molecule has 10 heteroatoms. The van der Waals surface area contributed by atoms with Gasteiger partial charge in [-0.1, -0.05) is 0 Å². The summed E-state index contributed by atoms with van der Waals surface area (Å²) in [6.07, 6.45) is 1.46. The van der Waals surface area contributed by atoms with Gasteiger partial charge in [0.25, 0.3) is 5.91 Å². The Morgan fingerprint density at radius 2 is 1.79 bits per heavy atom. The lowest BCUT2D eigenvalue weighted by molar-refractivity contribution is -0.123. The highest BCUT2D eigenvalue weighted by Crippen LogP contribution is 2.22. The van der Waals surface area contributed by atoms with Gasteiger partial charge >= 0.3 is 0 Å². The third-order valence-corrected chi connectivity index (χ3v) is 4.45. The minimum absolute atomic E-state index is 0.0518. The number of carbonyl (C=O) groups is 2. The van der Waals surface area contributed by atoms with Crippen LogP contribution in [0.15, 0.2) is 48.8 Å². The summed E-state index contributed by atoms with van der Waals surface area (Å²) in [7, 11) is 0. The number of aromatic nitrogens is 4. The van der Waals surface area contributed by atoms with Gasteiger partial charge in [-0.15, -0.1) is 5.10 Å². The molecule has 2 amide bonds. The quantitative estimate of drug-likeness (QED) is 0.738. The topological polar surface area (TPSA) is 93.0 Å². The van der Waals surface area contributed by atoms with Gasteiger partial charge in [-0.3, -0.25) is 9.59 Å². The lowest BCUT2D eigenvalue weighted by atomic mass is 9.97. The van der Waals surface area contributed by atoms with Crippen LogP contribution in [0.4, 0.5) is 14.5 Å². The molecule has 0 aliphatic carbocycles. The summed E-state index contributed by atoms with van der Waals surface area (Å²) < 4.78 is 27.7. The van der Waals surface area contributed by atoms with Gasteiger partial charge in [-0.2, -0.15) is 0 Å². The van der Waals surface area contributed by atoms with Gasteiger partial charge in [0.05, 0.1) is 11.6 Å². The number of likely N-dealkylation sites (tertiary alicyclic amines) is 1. The molecule has 28 heavy (non-hydrogen) atoms. The number of rotatable bonds is 4. The summed E-state index contributed by atoms with van der Waals surface area (Å²) >= 11 is 0. The van der Waals surface area contributed by atoms with Crippen molar-refractivity contribution in [2.24, 2.45) is 5.92 Å². The molecule has 0 saturated carbocycles. The van der Waals surface area contributed by atoms with E-state index >= 15 is 0 Å². The molecule has 1 fully saturated rings. The molecule has 1 saturated heterocycles. The number of nitrogens with one attached hydrogen (secondary N) is 1. The van der Waals surface area contributed by atoms with E-state index in [4.69, 9.17) is 0 Å². The van der Waals surface area contributed by atoms with Crippen molar-refractivity contribution < 1.29 is 18.4 Å². The molecular formula is C18H14F2N6O2. The van der Waals surface area contributed by atoms with Crippen molar-refractivity contribution in [2.45, 2.75) is 0 Å². The SMILES string of the molecule is O=C(Nc1ccc(-n2cnnn2)cc1)C1CN(C(=O)c2ccc(F)c(F)c2)C1. The Morgan fingerprint density at radius 1 is 1.04 bits per heavy atom. The molecule has 4 rings (SSSR count). The second-order valence-corrected chi connectivity index (χ2v) is 6.33. The molecule has 8 nitrogen and oxygen atoms in total. The fourth-order valence-electron chi connectivity index (χ4n) is 2.84. The van der Waals surface area contributed by atoms with Crippen LogP contribution < -0.4 is 5.32 Å². The molecule has 2 heterocycles. The van der Waals surface area contributed by atoms with Crippen LogP contribution in [-0.2, 0) is 4.79 Å². The largest absolute Gasteiger partial charge is 0.337 e. The predicted octanol–water partition coefficient (Wildman–Crippen LogP) is 1.65. The number of halogens is 2. The Morgan fingerprint density at radius 3 is 2.43 bits per heavy atom. The number of anilines is 1. The van der Waals surface area contributed by atoms with Crippen molar-refractivity contribution >= 4 is 17.5 Å². The first-order valence-corrected chi connectivity index (χ1v) is 8.40. The number of benzene rings is 2. The van der Waals surface area contributed by atoms with Crippen LogP contribution in [0.5, 0.6) is 0 Å². The maximum Gasteiger partial charge on any atom is 0.254 e. The summed E-state index contributed by atoms with van der Waals surface area (Å²) in [4.78, 5) is 26.0. The van der Waals surface area contributed by atoms with Crippen molar-refractivity contribution in [3.8, 4) is 5.69 Å². The lowest BCUT2D eigenvalue weighted by Crippen LogP contribution is -2.54. The Kier molecular flexibility index (Phi) is 4.52. The van der Waals surface area contributed by atoms with Crippen LogP contribution >= 0.6 is 0 Å². The van der Waals surface area contributed by atoms with Gasteiger partial charge in [0.1, 0.15) is 6.33 Å². The highest BCUT2D eigenvalue weighted by atomic mass is 19.2. The summed E-state index contributed by atoms with van der Waals surface area (Å²) in [5.74, 6) is -3.11. The van der Waals surface area contributed by atoms with Gasteiger partial charge in [0.2, 0.25) is 5.91 Å². The maximum absolute atomic E-state index is 13.3. The Balaban J connectivity index is 1.32. The molecule has 0 spiro atoms. The van der Waals surface area contributed by atoms with E-state index < -0.39 is 17.5 Å². The third kappa shape index (κ3) is 3.43. The Labute approximate surface area is 157 Å². The van der Waals surface area contributed by atoms with E-state index in [-0.39, 0.29) is 30.5 Å². The molecule has 0 radical (unpaired) electrons. The van der Waals surface area contributed by atoms with Gasteiger partial charge in [0.15, 0.2) is 11.6 Å². The number of tetrazole rings is 1. The number of carbonyl (C=O) groups excluding carboxylic acids is 2. The Hall–Kier alpha value is -3.69. The zero-order valence-corrected chi connectivity index (χ0v) is 14.4. The monoisotopic (exact) mass is 384 g/mol. The van der Waals surface area contributed by atoms with E-state index in [9.17, 15) is 18.4 Å². The molecule has 1 aliphatic heterocycles. The van der Waals surface area contributed by atoms with Crippen molar-refractivity contribution in [1.82, 2.24) is 25.1 Å². The van der Waals surface area contributed by atoms with Crippen LogP contribution in [-0.4, -0.2) is 50.0 Å². The number of hydrogen-bond donors (Lipinski definition) is 1. The van der Waals surface area contributed by atoms with E-state index in [0.717, 1.165) is 17.8 Å². The fraction of sp³-hybridized carbons (Fsp3) is 0.167. The zero-order valence-electron chi connectivity index (χ0n) is 14.4. The van der Waals surface area contributed by atoms with E-state index in [1.54, 1.807) is 24.3 Å². The number of nitrogens with zero attached hydrogens (tertiary/aromatic N) is 5. The maximum atomic E-state index is 13.3. The summed E-state index contributed by atoms with van der Waals surface area (Å²) in [6, 6.07) is 9.94. The number of amides is 2. The van der Waals surface area contributed by atoms with Crippen LogP contribution in [0.25, 0.3) is 5.69 Å². The molecule has 3 aromatic rings. The average Bonchev–Trinajstić information content (AvgIpc) is 3.18. The summed E-state index contributed by atoms with van der Waals surface area (Å²) in [5.41, 5.74) is 1.40. The molecule has 0 atom stereocenters. The minimum atomic E-state index is -1.08. The van der Waals surface area contributed by atoms with Crippen molar-refractivity contribution in [3.63, 3.8) is 0 Å². The highest BCUT2D eigenvalue weighted by molar-refractivity contribution is 5.98. The molecule has 1 N–H and O–H groups in total. The second-order valence-electron chi connectivity index (χ2n) is 6.33. The van der Waals surface area contributed by atoms with Crippen molar-refractivity contribution in [2.75, 3.05) is 18.4 Å². The van der Waals surface area contributed by atoms with E-state index in [1.165, 1.54) is 22.0 Å². The standard InChI is InChI=1S/C18H14F2N6O2/c19-15-6-1-11(7-16(15)20)18(28)25-8-12(9-25)17(27)22-13-2-4-14(5-3-13)26-10-21-23-24-26/h1-7,10,12H,8-9H2,(H,22,27). The summed E-state index contributed by atoms with van der Waals surface area (Å²) in [5, 5.41) is 13.7. The van der Waals surface area contributed by atoms with Crippen molar-refractivity contribution in [1.29, 1.82) is 0 Å². The molecule has 1 aliphatic rings. The highest BCUT2D eigenvalue weighted by Gasteiger charge is 2.36. The predicted molar refractivity (Wildman–Crippen MR) is 93.5 cm³/mol. The van der Waals surface area contributed by atoms with E-state index in [2.05, 4.69) is 20.8 Å². The van der Waals surface area contributed by atoms with Crippen LogP contribution in [0.3, 0.4) is 0 Å². The average molecular weight is 384 g/mol. The van der Waals surface area contributed by atoms with E-state index in [1.807, 2.05) is 0 Å². The number of hydrogen-bond acceptors (Lipinski definition) is 5. The summed E-state index contributed by atoms with van der Waals surface area (Å²) in [6.45, 7) is 0.429. The van der Waals surface area contributed by atoms with Crippen LogP contribution in [0.2, 0.25) is 0 Å². The van der Waals surface area contributed by atoms with Crippen molar-refractivity contribution in [3.05, 3.63) is 66.0 Å². The van der Waals surface area contributed by atoms with Gasteiger partial charge in [0, 0.05) is 24.3 Å². The second kappa shape index (κ2) is 7.14. The van der Waals surface area contributed by atoms with Gasteiger partial charge in [-0.05, 0) is 52.9 Å². The fourth-order valence-corrected chi connectivity index (χ4v) is 2.84. The van der Waals surface area contributed by atoms with Gasteiger partial charge < -0.3 is 10.2 Å². The third-order valence-electron chi connectivity index (χ3n) is 4.45. The molecule has 142 valence electrons. The van der Waals surface area contributed by atoms with Crippen LogP contribution in [0.1, 0.15) is 10.4 Å². The molecule has 1 aromatic heterocycles. The Bertz CT molecular complexity index is 1020. The smallest absolute Gasteiger partial charge is 0.254 e. The van der Waals surface area contributed by atoms with E-state index in [0.29, 0.717) is 5.69 Å². The normalized spacial score (nSPS) is 13.9. The van der Waals surface area contributed by atoms with Gasteiger partial charge in [-0.25, -0.2) is 13.5 Å². The lowest BCUT2D eigenvalue weighted by Gasteiger charge is -2.38. The molecule has 0 unspecified atom stereocenters. The first kappa shape index (κ1) is 17.7. The minimum Gasteiger partial charge on any atom is -0.337 e. The molecule has 2 aromatic carbocycles. The first-order chi connectivity index (χ1) is 13.5. The first-order valence-electron chi connectivity index (χ1n) is 8.40.